The number of amides is 8. The number of fused-ring (bicyclic) bond motifs is 1. The maximum absolute atomic E-state index is 14.6. The molecule has 25 nitrogen and oxygen atoms in total. The fraction of sp³-hybridized carbons (Fsp3) is 0.604. The van der Waals surface area contributed by atoms with E-state index in [1.54, 1.807) is 39.8 Å². The van der Waals surface area contributed by atoms with Gasteiger partial charge >= 0.3 is 5.97 Å². The summed E-state index contributed by atoms with van der Waals surface area (Å²) < 4.78 is 0. The number of aliphatic carboxylic acids is 1. The summed E-state index contributed by atoms with van der Waals surface area (Å²) in [6.45, 7) is 7.22. The number of nitrogens with zero attached hydrogens (tertiary/aromatic N) is 3. The third-order valence-electron chi connectivity index (χ3n) is 12.9. The number of aliphatic imine (C=N–C) groups is 1. The number of carbonyl (C=O) groups excluding carboxylic acids is 8. The van der Waals surface area contributed by atoms with E-state index in [1.165, 1.54) is 29.6 Å². The summed E-state index contributed by atoms with van der Waals surface area (Å²) in [5.41, 5.74) is 18.2. The van der Waals surface area contributed by atoms with E-state index < -0.39 is 113 Å². The molecule has 2 aliphatic rings. The van der Waals surface area contributed by atoms with Crippen LogP contribution in [-0.2, 0) is 56.0 Å². The summed E-state index contributed by atoms with van der Waals surface area (Å²) in [4.78, 5) is 137. The third-order valence-corrected chi connectivity index (χ3v) is 12.9. The molecule has 9 atom stereocenters. The van der Waals surface area contributed by atoms with E-state index in [1.807, 2.05) is 0 Å². The fourth-order valence-electron chi connectivity index (χ4n) is 8.45. The van der Waals surface area contributed by atoms with Gasteiger partial charge in [0.1, 0.15) is 48.0 Å². The molecule has 73 heavy (non-hydrogen) atoms. The van der Waals surface area contributed by atoms with Crippen LogP contribution in [0.2, 0.25) is 0 Å². The Balaban J connectivity index is 1.73. The van der Waals surface area contributed by atoms with Crippen molar-refractivity contribution < 1.29 is 53.4 Å². The van der Waals surface area contributed by atoms with Crippen LogP contribution in [0.1, 0.15) is 103 Å². The number of aromatic amines is 1. The molecule has 0 unspecified atom stereocenters. The average Bonchev–Trinajstić information content (AvgIpc) is 4.07. The summed E-state index contributed by atoms with van der Waals surface area (Å²) in [5.74, 6) is -8.38. The Kier molecular flexibility index (Phi) is 22.9. The third kappa shape index (κ3) is 18.4. The zero-order valence-electron chi connectivity index (χ0n) is 42.0. The molecule has 2 fully saturated rings. The van der Waals surface area contributed by atoms with Crippen LogP contribution in [0.5, 0.6) is 5.75 Å². The zero-order chi connectivity index (χ0) is 53.8. The van der Waals surface area contributed by atoms with Gasteiger partial charge in [-0.05, 0) is 80.9 Å². The number of nitrogens with one attached hydrogen (secondary N) is 8. The van der Waals surface area contributed by atoms with Crippen molar-refractivity contribution in [2.75, 3.05) is 19.6 Å². The standard InChI is InChI=1S/C48H74N14O11/c1-5-27(4)39-45(70)59-35(23-29-24-52-25-55-29)46(71)62-21-9-12-36(62)43(68)57-33(47(72)73)17-18-37(64)53-19-7-6-10-31(49)40(65)56-32(11-8-20-54-48(50)51)41(66)60-38(26(2)3)44(69)58-34(42(67)61-39)22-28-13-15-30(63)16-14-28/h13-16,24-27,31-36,38-39,63H,5-12,17-23,49H2,1-4H3,(H,52,55)(H,53,64)(H,56,65)(H,57,68)(H,58,69)(H,59,70)(H,60,66)(H,61,67)(H,72,73)(H4,50,51,54)/t27-,31-,32-,33-,34-,35-,36-,38-,39-/m0/s1. The van der Waals surface area contributed by atoms with Crippen molar-refractivity contribution in [2.45, 2.75) is 153 Å². The van der Waals surface area contributed by atoms with Gasteiger partial charge in [-0.2, -0.15) is 0 Å². The van der Waals surface area contributed by atoms with Crippen molar-refractivity contribution in [3.05, 3.63) is 48.0 Å². The highest BCUT2D eigenvalue weighted by atomic mass is 16.4. The van der Waals surface area contributed by atoms with Crippen molar-refractivity contribution >= 4 is 59.2 Å². The molecule has 1 aromatic carbocycles. The molecular weight excluding hydrogens is 949 g/mol. The summed E-state index contributed by atoms with van der Waals surface area (Å²) in [6.07, 6.45) is 4.18. The van der Waals surface area contributed by atoms with Crippen LogP contribution in [0, 0.1) is 11.8 Å². The highest BCUT2D eigenvalue weighted by Gasteiger charge is 2.41. The Hall–Kier alpha value is -7.31. The van der Waals surface area contributed by atoms with Crippen molar-refractivity contribution in [3.63, 3.8) is 0 Å². The number of imidazole rings is 1. The first kappa shape index (κ1) is 58.3. The first-order chi connectivity index (χ1) is 34.7. The van der Waals surface area contributed by atoms with Crippen molar-refractivity contribution in [3.8, 4) is 5.75 Å². The van der Waals surface area contributed by atoms with E-state index in [9.17, 15) is 53.4 Å². The van der Waals surface area contributed by atoms with Gasteiger partial charge in [0.15, 0.2) is 5.96 Å². The van der Waals surface area contributed by atoms with E-state index in [0.29, 0.717) is 36.9 Å². The number of guanidine groups is 1. The molecule has 16 N–H and O–H groups in total. The Morgan fingerprint density at radius 2 is 1.44 bits per heavy atom. The van der Waals surface area contributed by atoms with E-state index in [0.717, 1.165) is 0 Å². The van der Waals surface area contributed by atoms with Crippen LogP contribution in [0.4, 0.5) is 0 Å². The van der Waals surface area contributed by atoms with Gasteiger partial charge in [-0.3, -0.25) is 43.3 Å². The number of benzene rings is 1. The van der Waals surface area contributed by atoms with E-state index in [-0.39, 0.29) is 82.7 Å². The zero-order valence-corrected chi connectivity index (χ0v) is 42.0. The average molecular weight is 1020 g/mol. The van der Waals surface area contributed by atoms with Gasteiger partial charge in [0.25, 0.3) is 0 Å². The largest absolute Gasteiger partial charge is 0.508 e. The second-order valence-electron chi connectivity index (χ2n) is 19.0. The number of carbonyl (C=O) groups is 9. The highest BCUT2D eigenvalue weighted by Crippen LogP contribution is 2.21. The summed E-state index contributed by atoms with van der Waals surface area (Å²) >= 11 is 0. The monoisotopic (exact) mass is 1020 g/mol. The number of hydrogen-bond acceptors (Lipinski definition) is 13. The number of rotatable bonds is 12. The minimum atomic E-state index is -1.48. The van der Waals surface area contributed by atoms with Gasteiger partial charge < -0.3 is 74.5 Å². The normalized spacial score (nSPS) is 25.6. The van der Waals surface area contributed by atoms with Crippen LogP contribution in [0.15, 0.2) is 41.8 Å². The van der Waals surface area contributed by atoms with Crippen molar-refractivity contribution in [1.82, 2.24) is 52.1 Å². The maximum atomic E-state index is 14.6. The molecule has 0 saturated carbocycles. The van der Waals surface area contributed by atoms with Crippen molar-refractivity contribution in [2.24, 2.45) is 34.0 Å². The van der Waals surface area contributed by atoms with E-state index >= 15 is 0 Å². The lowest BCUT2D eigenvalue weighted by Gasteiger charge is -2.32. The molecular formula is C48H74N14O11. The first-order valence-electron chi connectivity index (χ1n) is 24.9. The van der Waals surface area contributed by atoms with Crippen LogP contribution < -0.4 is 54.4 Å². The number of hydrogen-bond donors (Lipinski definition) is 13. The summed E-state index contributed by atoms with van der Waals surface area (Å²) in [6, 6.07) is -4.25. The Labute approximate surface area is 424 Å². The van der Waals surface area contributed by atoms with Gasteiger partial charge in [-0.25, -0.2) is 9.78 Å². The lowest BCUT2D eigenvalue weighted by molar-refractivity contribution is -0.145. The first-order valence-corrected chi connectivity index (χ1v) is 24.9. The highest BCUT2D eigenvalue weighted by molar-refractivity contribution is 5.98. The van der Waals surface area contributed by atoms with Crippen LogP contribution in [0.25, 0.3) is 0 Å². The molecule has 25 heteroatoms. The van der Waals surface area contributed by atoms with Gasteiger partial charge in [0, 0.05) is 50.8 Å². The fourth-order valence-corrected chi connectivity index (χ4v) is 8.45. The van der Waals surface area contributed by atoms with E-state index in [4.69, 9.17) is 17.2 Å². The minimum Gasteiger partial charge on any atom is -0.508 e. The SMILES string of the molecule is CC[C@H](C)[C@@H]1NC(=O)[C@H](Cc2ccc(O)cc2)NC(=O)[C@H](C(C)C)NC(=O)[C@H](CCCN=C(N)N)NC(=O)[C@@H](N)CCCCNC(=O)CC[C@@H](C(=O)O)NC(=O)[C@@H]2CCCN2C(=O)[C@H](Cc2cnc[nH]2)NC1=O. The number of phenolic OH excluding ortho intramolecular Hbond substituents is 1. The van der Waals surface area contributed by atoms with E-state index in [2.05, 4.69) is 52.2 Å². The lowest BCUT2D eigenvalue weighted by Crippen LogP contribution is -2.62. The molecule has 2 aliphatic heterocycles. The Bertz CT molecular complexity index is 2240. The summed E-state index contributed by atoms with van der Waals surface area (Å²) in [5, 5.41) is 39.0. The number of carboxylic acids is 1. The molecule has 0 bridgehead atoms. The maximum Gasteiger partial charge on any atom is 0.326 e. The molecule has 1 aromatic heterocycles. The van der Waals surface area contributed by atoms with Gasteiger partial charge in [0.2, 0.25) is 47.3 Å². The van der Waals surface area contributed by atoms with Gasteiger partial charge in [-0.15, -0.1) is 0 Å². The molecule has 2 saturated heterocycles. The number of nitrogens with two attached hydrogens (primary N) is 3. The van der Waals surface area contributed by atoms with Crippen LogP contribution in [0.3, 0.4) is 0 Å². The topological polar surface area (TPSA) is 401 Å². The summed E-state index contributed by atoms with van der Waals surface area (Å²) in [7, 11) is 0. The van der Waals surface area contributed by atoms with Crippen LogP contribution in [-0.4, -0.2) is 152 Å². The minimum absolute atomic E-state index is 0.0316. The van der Waals surface area contributed by atoms with Crippen molar-refractivity contribution in [1.29, 1.82) is 0 Å². The Morgan fingerprint density at radius 1 is 0.781 bits per heavy atom. The molecule has 2 aromatic rings. The second kappa shape index (κ2) is 28.7. The Morgan fingerprint density at radius 3 is 2.08 bits per heavy atom. The number of aromatic nitrogens is 2. The molecule has 0 radical (unpaired) electrons. The molecule has 4 rings (SSSR count). The molecule has 8 amide bonds. The predicted octanol–water partition coefficient (Wildman–Crippen LogP) is -1.95. The predicted molar refractivity (Wildman–Crippen MR) is 266 cm³/mol. The smallest absolute Gasteiger partial charge is 0.326 e. The number of aromatic hydroxyl groups is 1. The molecule has 0 spiro atoms. The number of carboxylic acid groups (broad SMARTS) is 1. The van der Waals surface area contributed by atoms with Gasteiger partial charge in [0.05, 0.1) is 12.4 Å². The number of phenols is 1. The van der Waals surface area contributed by atoms with Crippen LogP contribution >= 0.6 is 0 Å². The second-order valence-corrected chi connectivity index (χ2v) is 19.0. The molecule has 0 aliphatic carbocycles. The quantitative estimate of drug-likeness (QED) is 0.0624. The molecule has 402 valence electrons. The van der Waals surface area contributed by atoms with Gasteiger partial charge in [-0.1, -0.05) is 46.2 Å². The molecule has 3 heterocycles. The number of H-pyrrole nitrogens is 1. The lowest BCUT2D eigenvalue weighted by atomic mass is 9.96.